The maximum atomic E-state index is 9.81. The zero-order chi connectivity index (χ0) is 12.4. The number of hydrogen-bond acceptors (Lipinski definition) is 3. The van der Waals surface area contributed by atoms with Crippen LogP contribution in [-0.4, -0.2) is 31.3 Å². The molecule has 0 aromatic heterocycles. The molecule has 1 fully saturated rings. The maximum Gasteiger partial charge on any atom is 0.0741 e. The fraction of sp³-hybridized carbons (Fsp3) is 0.571. The third-order valence-electron chi connectivity index (χ3n) is 3.52. The lowest BCUT2D eigenvalue weighted by Crippen LogP contribution is -2.28. The average Bonchev–Trinajstić information content (AvgIpc) is 2.67. The van der Waals surface area contributed by atoms with E-state index >= 15 is 0 Å². The first kappa shape index (κ1) is 12.2. The highest BCUT2D eigenvalue weighted by Crippen LogP contribution is 2.26. The minimum Gasteiger partial charge on any atom is -0.391 e. The van der Waals surface area contributed by atoms with E-state index in [1.54, 1.807) is 0 Å². The van der Waals surface area contributed by atoms with Crippen molar-refractivity contribution < 1.29 is 5.11 Å². The van der Waals surface area contributed by atoms with Gasteiger partial charge in [-0.15, -0.1) is 0 Å². The van der Waals surface area contributed by atoms with Gasteiger partial charge in [-0.25, -0.2) is 0 Å². The first-order valence-electron chi connectivity index (χ1n) is 6.30. The van der Waals surface area contributed by atoms with Gasteiger partial charge in [0.25, 0.3) is 0 Å². The normalized spacial score (nSPS) is 23.8. The molecule has 3 heteroatoms. The van der Waals surface area contributed by atoms with Crippen LogP contribution in [0.25, 0.3) is 0 Å². The van der Waals surface area contributed by atoms with E-state index in [0.29, 0.717) is 0 Å². The topological polar surface area (TPSA) is 35.5 Å². The highest BCUT2D eigenvalue weighted by atomic mass is 16.3. The second kappa shape index (κ2) is 4.96. The molecule has 2 rings (SSSR count). The molecule has 0 saturated heterocycles. The predicted molar refractivity (Wildman–Crippen MR) is 72.8 cm³/mol. The number of benzene rings is 1. The molecular formula is C14H22N2O. The van der Waals surface area contributed by atoms with Gasteiger partial charge in [0.05, 0.1) is 12.1 Å². The van der Waals surface area contributed by atoms with Gasteiger partial charge >= 0.3 is 0 Å². The van der Waals surface area contributed by atoms with Gasteiger partial charge in [0, 0.05) is 25.5 Å². The Kier molecular flexibility index (Phi) is 3.57. The summed E-state index contributed by atoms with van der Waals surface area (Å²) < 4.78 is 0. The van der Waals surface area contributed by atoms with Crippen molar-refractivity contribution in [2.75, 3.05) is 24.3 Å². The fourth-order valence-electron chi connectivity index (χ4n) is 2.50. The summed E-state index contributed by atoms with van der Waals surface area (Å²) in [6.07, 6.45) is 2.90. The maximum absolute atomic E-state index is 9.81. The van der Waals surface area contributed by atoms with E-state index < -0.39 is 0 Å². The van der Waals surface area contributed by atoms with Crippen LogP contribution in [0, 0.1) is 6.92 Å². The van der Waals surface area contributed by atoms with Crippen LogP contribution in [0.4, 0.5) is 11.4 Å². The van der Waals surface area contributed by atoms with Crippen LogP contribution in [0.3, 0.4) is 0 Å². The van der Waals surface area contributed by atoms with Crippen LogP contribution in [0.15, 0.2) is 18.2 Å². The van der Waals surface area contributed by atoms with E-state index in [9.17, 15) is 5.11 Å². The Hall–Kier alpha value is -1.22. The highest BCUT2D eigenvalue weighted by molar-refractivity contribution is 5.62. The number of hydrogen-bond donors (Lipinski definition) is 2. The molecule has 0 radical (unpaired) electrons. The molecule has 94 valence electrons. The molecule has 1 aliphatic carbocycles. The van der Waals surface area contributed by atoms with Gasteiger partial charge in [-0.3, -0.25) is 0 Å². The number of aryl methyl sites for hydroxylation is 1. The fourth-order valence-corrected chi connectivity index (χ4v) is 2.50. The molecule has 1 saturated carbocycles. The molecule has 1 aliphatic rings. The van der Waals surface area contributed by atoms with Gasteiger partial charge in [-0.2, -0.15) is 0 Å². The van der Waals surface area contributed by atoms with Crippen molar-refractivity contribution in [3.63, 3.8) is 0 Å². The average molecular weight is 234 g/mol. The highest BCUT2D eigenvalue weighted by Gasteiger charge is 2.24. The van der Waals surface area contributed by atoms with Crippen molar-refractivity contribution in [3.05, 3.63) is 23.8 Å². The van der Waals surface area contributed by atoms with Crippen LogP contribution in [0.5, 0.6) is 0 Å². The zero-order valence-electron chi connectivity index (χ0n) is 10.9. The van der Waals surface area contributed by atoms with Gasteiger partial charge in [0.2, 0.25) is 0 Å². The van der Waals surface area contributed by atoms with Crippen molar-refractivity contribution in [3.8, 4) is 0 Å². The summed E-state index contributed by atoms with van der Waals surface area (Å²) in [5, 5.41) is 13.2. The van der Waals surface area contributed by atoms with Gasteiger partial charge in [0.15, 0.2) is 0 Å². The zero-order valence-corrected chi connectivity index (χ0v) is 10.9. The molecule has 0 unspecified atom stereocenters. The summed E-state index contributed by atoms with van der Waals surface area (Å²) in [5.41, 5.74) is 3.60. The molecule has 0 heterocycles. The SMILES string of the molecule is Cc1ccc(N[C@H]2CCC[C@@H]2O)cc1N(C)C. The van der Waals surface area contributed by atoms with Crippen molar-refractivity contribution in [1.82, 2.24) is 0 Å². The van der Waals surface area contributed by atoms with E-state index in [2.05, 4.69) is 49.4 Å². The molecule has 0 spiro atoms. The monoisotopic (exact) mass is 234 g/mol. The molecule has 17 heavy (non-hydrogen) atoms. The first-order valence-corrected chi connectivity index (χ1v) is 6.30. The number of aliphatic hydroxyl groups excluding tert-OH is 1. The predicted octanol–water partition coefficient (Wildman–Crippen LogP) is 2.39. The summed E-state index contributed by atoms with van der Waals surface area (Å²) in [6, 6.07) is 6.58. The van der Waals surface area contributed by atoms with E-state index in [1.165, 1.54) is 11.3 Å². The Morgan fingerprint density at radius 1 is 1.29 bits per heavy atom. The minimum absolute atomic E-state index is 0.195. The van der Waals surface area contributed by atoms with Crippen molar-refractivity contribution in [1.29, 1.82) is 0 Å². The van der Waals surface area contributed by atoms with Crippen LogP contribution < -0.4 is 10.2 Å². The second-order valence-corrected chi connectivity index (χ2v) is 5.14. The number of nitrogens with zero attached hydrogens (tertiary/aromatic N) is 1. The molecule has 2 atom stereocenters. The molecule has 0 bridgehead atoms. The summed E-state index contributed by atoms with van der Waals surface area (Å²) in [4.78, 5) is 2.12. The number of rotatable bonds is 3. The lowest BCUT2D eigenvalue weighted by Gasteiger charge is -2.21. The van der Waals surface area contributed by atoms with E-state index in [1.807, 2.05) is 0 Å². The van der Waals surface area contributed by atoms with Crippen molar-refractivity contribution in [2.45, 2.75) is 38.3 Å². The molecule has 3 nitrogen and oxygen atoms in total. The van der Waals surface area contributed by atoms with Crippen molar-refractivity contribution >= 4 is 11.4 Å². The van der Waals surface area contributed by atoms with E-state index in [-0.39, 0.29) is 12.1 Å². The Balaban J connectivity index is 2.13. The number of aliphatic hydroxyl groups is 1. The summed E-state index contributed by atoms with van der Waals surface area (Å²) in [5.74, 6) is 0. The lowest BCUT2D eigenvalue weighted by atomic mass is 10.1. The Labute approximate surface area is 103 Å². The summed E-state index contributed by atoms with van der Waals surface area (Å²) in [7, 11) is 4.10. The number of anilines is 2. The third kappa shape index (κ3) is 2.72. The van der Waals surface area contributed by atoms with Gasteiger partial charge < -0.3 is 15.3 Å². The van der Waals surface area contributed by atoms with Crippen LogP contribution >= 0.6 is 0 Å². The smallest absolute Gasteiger partial charge is 0.0741 e. The molecular weight excluding hydrogens is 212 g/mol. The molecule has 0 aliphatic heterocycles. The second-order valence-electron chi connectivity index (χ2n) is 5.14. The summed E-state index contributed by atoms with van der Waals surface area (Å²) in [6.45, 7) is 2.11. The standard InChI is InChI=1S/C14H22N2O/c1-10-7-8-11(9-13(10)16(2)3)15-12-5-4-6-14(12)17/h7-9,12,14-15,17H,4-6H2,1-3H3/t12-,14-/m0/s1. The van der Waals surface area contributed by atoms with Gasteiger partial charge in [-0.1, -0.05) is 6.07 Å². The summed E-state index contributed by atoms with van der Waals surface area (Å²) >= 11 is 0. The Bertz CT molecular complexity index is 390. The molecule has 2 N–H and O–H groups in total. The molecule has 1 aromatic carbocycles. The number of nitrogens with one attached hydrogen (secondary N) is 1. The quantitative estimate of drug-likeness (QED) is 0.843. The Morgan fingerprint density at radius 3 is 2.65 bits per heavy atom. The van der Waals surface area contributed by atoms with E-state index in [4.69, 9.17) is 0 Å². The first-order chi connectivity index (χ1) is 8.08. The van der Waals surface area contributed by atoms with E-state index in [0.717, 1.165) is 24.9 Å². The van der Waals surface area contributed by atoms with Gasteiger partial charge in [-0.05, 0) is 43.9 Å². The van der Waals surface area contributed by atoms with Crippen LogP contribution in [0.1, 0.15) is 24.8 Å². The van der Waals surface area contributed by atoms with Gasteiger partial charge in [0.1, 0.15) is 0 Å². The minimum atomic E-state index is -0.195. The largest absolute Gasteiger partial charge is 0.391 e. The van der Waals surface area contributed by atoms with Crippen LogP contribution in [-0.2, 0) is 0 Å². The lowest BCUT2D eigenvalue weighted by molar-refractivity contribution is 0.172. The van der Waals surface area contributed by atoms with Crippen LogP contribution in [0.2, 0.25) is 0 Å². The molecule has 0 amide bonds. The third-order valence-corrected chi connectivity index (χ3v) is 3.52. The Morgan fingerprint density at radius 2 is 2.06 bits per heavy atom. The van der Waals surface area contributed by atoms with Crippen molar-refractivity contribution in [2.24, 2.45) is 0 Å². The molecule has 1 aromatic rings.